The highest BCUT2D eigenvalue weighted by atomic mass is 31.1. The lowest BCUT2D eigenvalue weighted by atomic mass is 10.4. The van der Waals surface area contributed by atoms with Crippen LogP contribution in [-0.4, -0.2) is 28.6 Å². The summed E-state index contributed by atoms with van der Waals surface area (Å²) in [5.41, 5.74) is 4.53. The highest BCUT2D eigenvalue weighted by molar-refractivity contribution is 7.38. The molecule has 0 radical (unpaired) electrons. The summed E-state index contributed by atoms with van der Waals surface area (Å²) in [6, 6.07) is 0. The molecule has 54 valence electrons. The molecule has 0 spiro atoms. The summed E-state index contributed by atoms with van der Waals surface area (Å²) in [5, 5.41) is 8.45. The van der Waals surface area contributed by atoms with Crippen LogP contribution in [0.25, 0.3) is 0 Å². The van der Waals surface area contributed by atoms with Crippen LogP contribution in [0.4, 0.5) is 4.39 Å². The molecule has 0 heterocycles. The van der Waals surface area contributed by atoms with E-state index in [-0.39, 0.29) is 0 Å². The summed E-state index contributed by atoms with van der Waals surface area (Å²) in [7, 11) is -2.49. The molecule has 0 saturated heterocycles. The molecule has 6 heteroatoms. The zero-order chi connectivity index (χ0) is 7.44. The van der Waals surface area contributed by atoms with E-state index in [1.165, 1.54) is 0 Å². The van der Waals surface area contributed by atoms with Crippen molar-refractivity contribution in [2.45, 2.75) is 12.4 Å². The standard InChI is InChI=1S/C3H7FNO3P/c4-3(5)2(6)1-9(7)8/h2-3,6H,1,5H2/p+1. The van der Waals surface area contributed by atoms with Gasteiger partial charge in [-0.3, -0.25) is 5.73 Å². The van der Waals surface area contributed by atoms with Crippen molar-refractivity contribution in [2.24, 2.45) is 5.73 Å². The smallest absolute Gasteiger partial charge is 0.384 e. The number of aliphatic hydroxyl groups is 1. The number of halogens is 1. The van der Waals surface area contributed by atoms with E-state index in [1.54, 1.807) is 0 Å². The molecule has 0 aromatic rings. The van der Waals surface area contributed by atoms with Crippen LogP contribution in [0.5, 0.6) is 0 Å². The number of hydrogen-bond donors (Lipinski definition) is 3. The van der Waals surface area contributed by atoms with Gasteiger partial charge in [-0.25, -0.2) is 4.39 Å². The second-order valence-electron chi connectivity index (χ2n) is 1.55. The quantitative estimate of drug-likeness (QED) is 0.374. The maximum absolute atomic E-state index is 11.7. The Kier molecular flexibility index (Phi) is 3.81. The van der Waals surface area contributed by atoms with Gasteiger partial charge in [-0.1, -0.05) is 0 Å². The first-order chi connectivity index (χ1) is 4.04. The lowest BCUT2D eigenvalue weighted by molar-refractivity contribution is 0.0982. The van der Waals surface area contributed by atoms with E-state index in [9.17, 15) is 8.96 Å². The molecule has 0 bridgehead atoms. The predicted octanol–water partition coefficient (Wildman–Crippen LogP) is -0.664. The van der Waals surface area contributed by atoms with E-state index in [0.717, 1.165) is 0 Å². The van der Waals surface area contributed by atoms with Gasteiger partial charge < -0.3 is 5.11 Å². The lowest BCUT2D eigenvalue weighted by Crippen LogP contribution is -2.31. The lowest BCUT2D eigenvalue weighted by Gasteiger charge is -2.02. The first-order valence-electron chi connectivity index (χ1n) is 2.25. The van der Waals surface area contributed by atoms with Crippen molar-refractivity contribution in [1.29, 1.82) is 0 Å². The van der Waals surface area contributed by atoms with Gasteiger partial charge in [0.25, 0.3) is 0 Å². The molecule has 0 rings (SSSR count). The van der Waals surface area contributed by atoms with Crippen LogP contribution >= 0.6 is 8.03 Å². The van der Waals surface area contributed by atoms with E-state index in [0.29, 0.717) is 0 Å². The van der Waals surface area contributed by atoms with E-state index in [4.69, 9.17) is 10.00 Å². The van der Waals surface area contributed by atoms with Crippen molar-refractivity contribution < 1.29 is 19.0 Å². The molecule has 9 heavy (non-hydrogen) atoms. The first-order valence-corrected chi connectivity index (χ1v) is 3.65. The maximum Gasteiger partial charge on any atom is 0.508 e. The largest absolute Gasteiger partial charge is 0.508 e. The minimum atomic E-state index is -2.49. The Morgan fingerprint density at radius 2 is 2.22 bits per heavy atom. The molecule has 0 fully saturated rings. The Bertz CT molecular complexity index is 109. The van der Waals surface area contributed by atoms with Crippen molar-refractivity contribution >= 4 is 8.03 Å². The predicted molar refractivity (Wildman–Crippen MR) is 29.8 cm³/mol. The van der Waals surface area contributed by atoms with Crippen LogP contribution in [0.3, 0.4) is 0 Å². The van der Waals surface area contributed by atoms with Gasteiger partial charge >= 0.3 is 8.03 Å². The minimum absolute atomic E-state index is 0.507. The van der Waals surface area contributed by atoms with E-state index in [1.807, 2.05) is 0 Å². The Morgan fingerprint density at radius 1 is 1.78 bits per heavy atom. The normalized spacial score (nSPS) is 18.9. The molecule has 4 N–H and O–H groups in total. The van der Waals surface area contributed by atoms with Crippen molar-refractivity contribution in [3.63, 3.8) is 0 Å². The molecular formula is C3H8FNO3P+. The number of alkyl halides is 1. The van der Waals surface area contributed by atoms with Gasteiger partial charge in [-0.15, -0.1) is 0 Å². The van der Waals surface area contributed by atoms with E-state index >= 15 is 0 Å². The van der Waals surface area contributed by atoms with Crippen LogP contribution in [0.15, 0.2) is 0 Å². The molecule has 3 atom stereocenters. The van der Waals surface area contributed by atoms with Gasteiger partial charge in [-0.2, -0.15) is 4.89 Å². The van der Waals surface area contributed by atoms with Crippen molar-refractivity contribution in [3.8, 4) is 0 Å². The fourth-order valence-corrected chi connectivity index (χ4v) is 0.782. The Labute approximate surface area is 52.4 Å². The first kappa shape index (κ1) is 8.91. The Balaban J connectivity index is 3.50. The monoisotopic (exact) mass is 156 g/mol. The third-order valence-corrected chi connectivity index (χ3v) is 1.40. The maximum atomic E-state index is 11.7. The number of hydrogen-bond acceptors (Lipinski definition) is 3. The third-order valence-electron chi connectivity index (χ3n) is 0.711. The van der Waals surface area contributed by atoms with Gasteiger partial charge in [0.05, 0.1) is 0 Å². The third kappa shape index (κ3) is 4.42. The molecular weight excluding hydrogens is 148 g/mol. The molecule has 0 saturated carbocycles. The number of aliphatic hydroxyl groups excluding tert-OH is 1. The van der Waals surface area contributed by atoms with Crippen molar-refractivity contribution in [1.82, 2.24) is 0 Å². The zero-order valence-corrected chi connectivity index (χ0v) is 5.46. The molecule has 0 aliphatic carbocycles. The van der Waals surface area contributed by atoms with Gasteiger partial charge in [0.15, 0.2) is 6.30 Å². The van der Waals surface area contributed by atoms with E-state index < -0.39 is 26.6 Å². The fourth-order valence-electron chi connectivity index (χ4n) is 0.261. The molecule has 3 unspecified atom stereocenters. The zero-order valence-electron chi connectivity index (χ0n) is 4.57. The van der Waals surface area contributed by atoms with Gasteiger partial charge in [0.1, 0.15) is 6.10 Å². The summed E-state index contributed by atoms with van der Waals surface area (Å²) in [6.07, 6.45) is -3.97. The van der Waals surface area contributed by atoms with Gasteiger partial charge in [-0.05, 0) is 4.57 Å². The fraction of sp³-hybridized carbons (Fsp3) is 1.00. The number of rotatable bonds is 3. The SMILES string of the molecule is NC(F)C(O)C[P+](=O)O. The van der Waals surface area contributed by atoms with Crippen LogP contribution in [0.2, 0.25) is 0 Å². The van der Waals surface area contributed by atoms with Crippen molar-refractivity contribution in [2.75, 3.05) is 6.16 Å². The molecule has 0 aromatic heterocycles. The molecule has 0 aliphatic heterocycles. The second-order valence-corrected chi connectivity index (χ2v) is 2.62. The molecule has 4 nitrogen and oxygen atoms in total. The Hall–Kier alpha value is -0.0900. The van der Waals surface area contributed by atoms with Crippen LogP contribution in [-0.2, 0) is 4.57 Å². The average Bonchev–Trinajstić information content (AvgIpc) is 1.63. The summed E-state index contributed by atoms with van der Waals surface area (Å²) in [4.78, 5) is 8.10. The number of nitrogens with two attached hydrogens (primary N) is 1. The minimum Gasteiger partial charge on any atom is -0.384 e. The highest BCUT2D eigenvalue weighted by Gasteiger charge is 2.24. The van der Waals surface area contributed by atoms with Gasteiger partial charge in [0.2, 0.25) is 6.16 Å². The van der Waals surface area contributed by atoms with E-state index in [2.05, 4.69) is 5.73 Å². The van der Waals surface area contributed by atoms with Crippen LogP contribution in [0, 0.1) is 0 Å². The summed E-state index contributed by atoms with van der Waals surface area (Å²) < 4.78 is 21.6. The molecule has 0 aromatic carbocycles. The Morgan fingerprint density at radius 3 is 2.33 bits per heavy atom. The highest BCUT2D eigenvalue weighted by Crippen LogP contribution is 2.15. The van der Waals surface area contributed by atoms with Gasteiger partial charge in [0, 0.05) is 0 Å². The second kappa shape index (κ2) is 3.85. The summed E-state index contributed by atoms with van der Waals surface area (Å²) in [5.74, 6) is 0. The average molecular weight is 156 g/mol. The summed E-state index contributed by atoms with van der Waals surface area (Å²) >= 11 is 0. The molecule has 0 amide bonds. The van der Waals surface area contributed by atoms with Crippen LogP contribution < -0.4 is 5.73 Å². The van der Waals surface area contributed by atoms with Crippen LogP contribution in [0.1, 0.15) is 0 Å². The topological polar surface area (TPSA) is 83.5 Å². The van der Waals surface area contributed by atoms with Crippen molar-refractivity contribution in [3.05, 3.63) is 0 Å². The summed E-state index contributed by atoms with van der Waals surface area (Å²) in [6.45, 7) is 0. The molecule has 0 aliphatic rings.